The maximum Gasteiger partial charge on any atom is 0.261 e. The Balaban J connectivity index is 0.00000225. The molecule has 2 N–H and O–H groups in total. The van der Waals surface area contributed by atoms with Crippen LogP contribution >= 0.6 is 12.4 Å². The lowest BCUT2D eigenvalue weighted by Gasteiger charge is -2.25. The second kappa shape index (κ2) is 9.44. The smallest absolute Gasteiger partial charge is 0.261 e. The molecule has 1 saturated heterocycles. The summed E-state index contributed by atoms with van der Waals surface area (Å²) in [5.41, 5.74) is 2.30. The molecule has 1 heterocycles. The zero-order valence-corrected chi connectivity index (χ0v) is 15.2. The monoisotopic (exact) mass is 360 g/mol. The Morgan fingerprint density at radius 3 is 2.44 bits per heavy atom. The van der Waals surface area contributed by atoms with Crippen LogP contribution in [0.25, 0.3) is 11.1 Å². The van der Waals surface area contributed by atoms with Crippen LogP contribution in [0.1, 0.15) is 19.8 Å². The molecule has 1 fully saturated rings. The third kappa shape index (κ3) is 5.48. The average Bonchev–Trinajstić information content (AvgIpc) is 2.64. The van der Waals surface area contributed by atoms with Crippen molar-refractivity contribution in [3.8, 4) is 16.9 Å². The lowest BCUT2D eigenvalue weighted by Crippen LogP contribution is -2.49. The number of carbonyl (C=O) groups is 1. The van der Waals surface area contributed by atoms with E-state index in [4.69, 9.17) is 4.74 Å². The summed E-state index contributed by atoms with van der Waals surface area (Å²) in [5.74, 6) is 0.648. The molecule has 4 nitrogen and oxygen atoms in total. The summed E-state index contributed by atoms with van der Waals surface area (Å²) in [7, 11) is 0. The second-order valence-corrected chi connectivity index (χ2v) is 6.20. The lowest BCUT2D eigenvalue weighted by atomic mass is 10.1. The third-order valence-corrected chi connectivity index (χ3v) is 4.29. The zero-order valence-electron chi connectivity index (χ0n) is 14.4. The maximum atomic E-state index is 12.2. The van der Waals surface area contributed by atoms with E-state index >= 15 is 0 Å². The number of nitrogens with one attached hydrogen (secondary N) is 2. The van der Waals surface area contributed by atoms with Crippen LogP contribution in [0, 0.1) is 0 Å². The molecule has 0 saturated carbocycles. The fourth-order valence-electron chi connectivity index (χ4n) is 2.91. The van der Waals surface area contributed by atoms with E-state index in [1.807, 2.05) is 42.5 Å². The highest BCUT2D eigenvalue weighted by Crippen LogP contribution is 2.22. The van der Waals surface area contributed by atoms with Gasteiger partial charge in [-0.3, -0.25) is 4.79 Å². The van der Waals surface area contributed by atoms with Gasteiger partial charge in [-0.1, -0.05) is 42.5 Å². The second-order valence-electron chi connectivity index (χ2n) is 6.20. The summed E-state index contributed by atoms with van der Waals surface area (Å²) < 4.78 is 5.78. The van der Waals surface area contributed by atoms with E-state index in [1.165, 1.54) is 5.56 Å². The summed E-state index contributed by atoms with van der Waals surface area (Å²) in [6, 6.07) is 18.2. The van der Waals surface area contributed by atoms with Crippen molar-refractivity contribution in [1.29, 1.82) is 0 Å². The molecule has 1 aliphatic rings. The van der Waals surface area contributed by atoms with Gasteiger partial charge in [-0.05, 0) is 49.6 Å². The predicted octanol–water partition coefficient (Wildman–Crippen LogP) is 3.41. The maximum absolute atomic E-state index is 12.2. The van der Waals surface area contributed by atoms with Crippen molar-refractivity contribution in [1.82, 2.24) is 10.6 Å². The number of amides is 1. The molecule has 0 aliphatic carbocycles. The Labute approximate surface area is 155 Å². The van der Waals surface area contributed by atoms with Crippen LogP contribution < -0.4 is 15.4 Å². The van der Waals surface area contributed by atoms with Gasteiger partial charge in [-0.2, -0.15) is 0 Å². The predicted molar refractivity (Wildman–Crippen MR) is 103 cm³/mol. The molecule has 0 radical (unpaired) electrons. The number of halogens is 1. The van der Waals surface area contributed by atoms with Crippen LogP contribution in [0.5, 0.6) is 5.75 Å². The molecule has 1 aliphatic heterocycles. The molecule has 2 aromatic rings. The minimum atomic E-state index is -0.505. The van der Waals surface area contributed by atoms with Crippen molar-refractivity contribution in [3.63, 3.8) is 0 Å². The van der Waals surface area contributed by atoms with Gasteiger partial charge in [0.25, 0.3) is 5.91 Å². The van der Waals surface area contributed by atoms with Gasteiger partial charge in [0.1, 0.15) is 5.75 Å². The topological polar surface area (TPSA) is 50.4 Å². The normalized spacial score (nSPS) is 17.9. The number of ether oxygens (including phenoxy) is 1. The number of rotatable bonds is 5. The van der Waals surface area contributed by atoms with Crippen LogP contribution in [-0.4, -0.2) is 31.1 Å². The van der Waals surface area contributed by atoms with Gasteiger partial charge < -0.3 is 15.4 Å². The summed E-state index contributed by atoms with van der Waals surface area (Å²) in [6.45, 7) is 3.66. The molecule has 1 amide bonds. The summed E-state index contributed by atoms with van der Waals surface area (Å²) in [5, 5.41) is 6.34. The largest absolute Gasteiger partial charge is 0.481 e. The van der Waals surface area contributed by atoms with Crippen LogP contribution in [0.2, 0.25) is 0 Å². The molecular weight excluding hydrogens is 336 g/mol. The number of carbonyl (C=O) groups excluding carboxylic acids is 1. The molecule has 5 heteroatoms. The van der Waals surface area contributed by atoms with Crippen molar-refractivity contribution >= 4 is 18.3 Å². The van der Waals surface area contributed by atoms with Gasteiger partial charge in [0, 0.05) is 12.6 Å². The first-order valence-electron chi connectivity index (χ1n) is 8.55. The Kier molecular flexibility index (Phi) is 7.29. The highest BCUT2D eigenvalue weighted by molar-refractivity contribution is 5.85. The first-order chi connectivity index (χ1) is 11.7. The van der Waals surface area contributed by atoms with Gasteiger partial charge in [-0.25, -0.2) is 0 Å². The van der Waals surface area contributed by atoms with E-state index in [1.54, 1.807) is 6.92 Å². The molecule has 0 bridgehead atoms. The Hall–Kier alpha value is -2.04. The van der Waals surface area contributed by atoms with Gasteiger partial charge in [0.05, 0.1) is 0 Å². The fourth-order valence-corrected chi connectivity index (χ4v) is 2.91. The first-order valence-corrected chi connectivity index (χ1v) is 8.55. The molecule has 2 aromatic carbocycles. The van der Waals surface area contributed by atoms with Crippen molar-refractivity contribution < 1.29 is 9.53 Å². The lowest BCUT2D eigenvalue weighted by molar-refractivity contribution is -0.128. The van der Waals surface area contributed by atoms with Crippen molar-refractivity contribution in [2.24, 2.45) is 0 Å². The minimum absolute atomic E-state index is 0. The van der Waals surface area contributed by atoms with Gasteiger partial charge in [0.2, 0.25) is 0 Å². The highest BCUT2D eigenvalue weighted by Gasteiger charge is 2.20. The quantitative estimate of drug-likeness (QED) is 0.859. The first kappa shape index (κ1) is 19.3. The standard InChI is InChI=1S/C20H24N2O2.ClH/c1-15(20(23)22-18-8-5-13-21-14-18)24-19-11-9-17(10-12-19)16-6-3-2-4-7-16;/h2-4,6-7,9-12,15,18,21H,5,8,13-14H2,1H3,(H,22,23);1H. The number of hydrogen-bond donors (Lipinski definition) is 2. The van der Waals surface area contributed by atoms with E-state index in [0.717, 1.165) is 31.5 Å². The molecule has 134 valence electrons. The summed E-state index contributed by atoms with van der Waals surface area (Å²) >= 11 is 0. The molecule has 0 aromatic heterocycles. The van der Waals surface area contributed by atoms with Crippen molar-refractivity contribution in [2.75, 3.05) is 13.1 Å². The van der Waals surface area contributed by atoms with E-state index < -0.39 is 6.10 Å². The zero-order chi connectivity index (χ0) is 16.8. The fraction of sp³-hybridized carbons (Fsp3) is 0.350. The molecule has 25 heavy (non-hydrogen) atoms. The molecule has 2 atom stereocenters. The molecular formula is C20H25ClN2O2. The molecule has 2 unspecified atom stereocenters. The van der Waals surface area contributed by atoms with Gasteiger partial charge in [0.15, 0.2) is 6.10 Å². The van der Waals surface area contributed by atoms with Crippen molar-refractivity contribution in [3.05, 3.63) is 54.6 Å². The van der Waals surface area contributed by atoms with Crippen LogP contribution in [-0.2, 0) is 4.79 Å². The van der Waals surface area contributed by atoms with Crippen LogP contribution in [0.15, 0.2) is 54.6 Å². The minimum Gasteiger partial charge on any atom is -0.481 e. The van der Waals surface area contributed by atoms with Gasteiger partial charge in [-0.15, -0.1) is 12.4 Å². The summed E-state index contributed by atoms with van der Waals surface area (Å²) in [4.78, 5) is 12.2. The molecule has 0 spiro atoms. The SMILES string of the molecule is CC(Oc1ccc(-c2ccccc2)cc1)C(=O)NC1CCCNC1.Cl. The van der Waals surface area contributed by atoms with Crippen LogP contribution in [0.3, 0.4) is 0 Å². The Morgan fingerprint density at radius 1 is 1.12 bits per heavy atom. The average molecular weight is 361 g/mol. The Bertz CT molecular complexity index is 655. The van der Waals surface area contributed by atoms with Crippen molar-refractivity contribution in [2.45, 2.75) is 31.9 Å². The number of hydrogen-bond acceptors (Lipinski definition) is 3. The third-order valence-electron chi connectivity index (χ3n) is 4.29. The Morgan fingerprint density at radius 2 is 1.80 bits per heavy atom. The van der Waals surface area contributed by atoms with E-state index in [2.05, 4.69) is 22.8 Å². The number of piperidine rings is 1. The highest BCUT2D eigenvalue weighted by atomic mass is 35.5. The van der Waals surface area contributed by atoms with E-state index in [0.29, 0.717) is 5.75 Å². The molecule has 3 rings (SSSR count). The summed E-state index contributed by atoms with van der Waals surface area (Å²) in [6.07, 6.45) is 1.62. The number of benzene rings is 2. The van der Waals surface area contributed by atoms with E-state index in [9.17, 15) is 4.79 Å². The van der Waals surface area contributed by atoms with Gasteiger partial charge >= 0.3 is 0 Å². The van der Waals surface area contributed by atoms with E-state index in [-0.39, 0.29) is 24.4 Å². The van der Waals surface area contributed by atoms with Crippen LogP contribution in [0.4, 0.5) is 0 Å².